The highest BCUT2D eigenvalue weighted by Gasteiger charge is 2.27. The molecule has 3 N–H and O–H groups in total. The fourth-order valence-electron chi connectivity index (χ4n) is 1.41. The van der Waals surface area contributed by atoms with E-state index in [1.165, 1.54) is 0 Å². The number of sulfone groups is 1. The van der Waals surface area contributed by atoms with Crippen molar-refractivity contribution in [2.24, 2.45) is 5.73 Å². The van der Waals surface area contributed by atoms with Gasteiger partial charge in [-0.2, -0.15) is 0 Å². The smallest absolute Gasteiger partial charge is 0.154 e. The van der Waals surface area contributed by atoms with E-state index in [0.717, 1.165) is 6.26 Å². The minimum absolute atomic E-state index is 0.463. The van der Waals surface area contributed by atoms with Gasteiger partial charge in [0.1, 0.15) is 5.25 Å². The number of aliphatic hydroxyl groups is 1. The van der Waals surface area contributed by atoms with E-state index in [2.05, 4.69) is 0 Å². The van der Waals surface area contributed by atoms with Crippen LogP contribution in [0.15, 0.2) is 30.3 Å². The summed E-state index contributed by atoms with van der Waals surface area (Å²) in [5.74, 6) is 0. The Balaban J connectivity index is 2.98. The van der Waals surface area contributed by atoms with E-state index < -0.39 is 27.7 Å². The molecule has 15 heavy (non-hydrogen) atoms. The maximum Gasteiger partial charge on any atom is 0.154 e. The van der Waals surface area contributed by atoms with Crippen molar-refractivity contribution in [2.75, 3.05) is 12.9 Å². The Morgan fingerprint density at radius 3 is 2.27 bits per heavy atom. The highest BCUT2D eigenvalue weighted by molar-refractivity contribution is 7.91. The second-order valence-corrected chi connectivity index (χ2v) is 5.75. The van der Waals surface area contributed by atoms with Gasteiger partial charge >= 0.3 is 0 Å². The molecule has 5 heteroatoms. The lowest BCUT2D eigenvalue weighted by Crippen LogP contribution is -2.36. The minimum atomic E-state index is -3.34. The van der Waals surface area contributed by atoms with Gasteiger partial charge in [-0.1, -0.05) is 30.3 Å². The molecule has 4 nitrogen and oxygen atoms in total. The van der Waals surface area contributed by atoms with Gasteiger partial charge in [-0.3, -0.25) is 0 Å². The van der Waals surface area contributed by atoms with Crippen molar-refractivity contribution in [1.82, 2.24) is 0 Å². The first-order valence-electron chi connectivity index (χ1n) is 4.57. The minimum Gasteiger partial charge on any atom is -0.395 e. The molecule has 0 heterocycles. The van der Waals surface area contributed by atoms with Crippen LogP contribution in [0.3, 0.4) is 0 Å². The highest BCUT2D eigenvalue weighted by atomic mass is 32.2. The van der Waals surface area contributed by atoms with Gasteiger partial charge in [-0.15, -0.1) is 0 Å². The van der Waals surface area contributed by atoms with Crippen molar-refractivity contribution in [3.05, 3.63) is 35.9 Å². The van der Waals surface area contributed by atoms with E-state index in [4.69, 9.17) is 10.8 Å². The molecule has 0 aromatic heterocycles. The van der Waals surface area contributed by atoms with E-state index in [-0.39, 0.29) is 0 Å². The van der Waals surface area contributed by atoms with Crippen molar-refractivity contribution in [1.29, 1.82) is 0 Å². The van der Waals surface area contributed by atoms with Crippen LogP contribution in [0.5, 0.6) is 0 Å². The van der Waals surface area contributed by atoms with Crippen LogP contribution < -0.4 is 5.73 Å². The maximum absolute atomic E-state index is 11.3. The van der Waals surface area contributed by atoms with Crippen molar-refractivity contribution < 1.29 is 13.5 Å². The van der Waals surface area contributed by atoms with Crippen LogP contribution in [0.1, 0.15) is 11.6 Å². The Labute approximate surface area is 89.7 Å². The summed E-state index contributed by atoms with van der Waals surface area (Å²) in [6.45, 7) is -0.463. The summed E-state index contributed by atoms with van der Waals surface area (Å²) in [6.07, 6.45) is 1.08. The predicted molar refractivity (Wildman–Crippen MR) is 59.1 cm³/mol. The number of aliphatic hydroxyl groups excluding tert-OH is 1. The molecule has 0 radical (unpaired) electrons. The zero-order valence-corrected chi connectivity index (χ0v) is 9.31. The van der Waals surface area contributed by atoms with E-state index in [0.29, 0.717) is 5.56 Å². The molecule has 0 spiro atoms. The van der Waals surface area contributed by atoms with Gasteiger partial charge in [0, 0.05) is 12.3 Å². The summed E-state index contributed by atoms with van der Waals surface area (Å²) >= 11 is 0. The Hall–Kier alpha value is -0.910. The largest absolute Gasteiger partial charge is 0.395 e. The Bertz CT molecular complexity index is 402. The zero-order chi connectivity index (χ0) is 11.5. The first-order chi connectivity index (χ1) is 6.96. The lowest BCUT2D eigenvalue weighted by atomic mass is 10.1. The highest BCUT2D eigenvalue weighted by Crippen LogP contribution is 2.18. The molecule has 0 aliphatic heterocycles. The molecule has 2 unspecified atom stereocenters. The predicted octanol–water partition coefficient (Wildman–Crippen LogP) is 0.0919. The summed E-state index contributed by atoms with van der Waals surface area (Å²) in [6, 6.07) is 8.20. The van der Waals surface area contributed by atoms with Gasteiger partial charge in [0.25, 0.3) is 0 Å². The van der Waals surface area contributed by atoms with E-state index in [9.17, 15) is 8.42 Å². The van der Waals surface area contributed by atoms with Gasteiger partial charge < -0.3 is 10.8 Å². The molecule has 0 aliphatic rings. The fourth-order valence-corrected chi connectivity index (χ4v) is 2.37. The number of hydrogen-bond donors (Lipinski definition) is 2. The molecule has 0 aliphatic carbocycles. The van der Waals surface area contributed by atoms with E-state index in [1.54, 1.807) is 24.3 Å². The summed E-state index contributed by atoms with van der Waals surface area (Å²) in [5.41, 5.74) is 6.51. The number of hydrogen-bond acceptors (Lipinski definition) is 4. The maximum atomic E-state index is 11.3. The van der Waals surface area contributed by atoms with Crippen LogP contribution in [-0.2, 0) is 9.84 Å². The van der Waals surface area contributed by atoms with Crippen molar-refractivity contribution in [2.45, 2.75) is 11.3 Å². The molecule has 0 saturated carbocycles. The molecule has 1 rings (SSSR count). The van der Waals surface area contributed by atoms with Gasteiger partial charge in [-0.25, -0.2) is 8.42 Å². The average molecular weight is 229 g/mol. The van der Waals surface area contributed by atoms with Crippen molar-refractivity contribution >= 4 is 9.84 Å². The second kappa shape index (κ2) is 4.74. The summed E-state index contributed by atoms with van der Waals surface area (Å²) < 4.78 is 22.7. The number of nitrogens with two attached hydrogens (primary N) is 1. The number of rotatable bonds is 4. The monoisotopic (exact) mass is 229 g/mol. The third-order valence-corrected chi connectivity index (χ3v) is 3.86. The topological polar surface area (TPSA) is 80.4 Å². The molecule has 84 valence electrons. The van der Waals surface area contributed by atoms with Gasteiger partial charge in [0.05, 0.1) is 6.61 Å². The van der Waals surface area contributed by atoms with Gasteiger partial charge in [0.15, 0.2) is 9.84 Å². The summed E-state index contributed by atoms with van der Waals surface area (Å²) in [5, 5.41) is 8.09. The fraction of sp³-hybridized carbons (Fsp3) is 0.400. The van der Waals surface area contributed by atoms with E-state index >= 15 is 0 Å². The van der Waals surface area contributed by atoms with Crippen LogP contribution in [0.25, 0.3) is 0 Å². The summed E-state index contributed by atoms with van der Waals surface area (Å²) in [7, 11) is -3.34. The third kappa shape index (κ3) is 3.02. The molecule has 0 amide bonds. The molecule has 0 fully saturated rings. The Kier molecular flexibility index (Phi) is 3.84. The zero-order valence-electron chi connectivity index (χ0n) is 8.50. The molecule has 1 aromatic carbocycles. The van der Waals surface area contributed by atoms with Crippen molar-refractivity contribution in [3.63, 3.8) is 0 Å². The second-order valence-electron chi connectivity index (χ2n) is 3.49. The molecular weight excluding hydrogens is 214 g/mol. The average Bonchev–Trinajstić information content (AvgIpc) is 2.18. The third-order valence-electron chi connectivity index (χ3n) is 2.31. The lowest BCUT2D eigenvalue weighted by molar-refractivity contribution is 0.278. The van der Waals surface area contributed by atoms with Gasteiger partial charge in [0.2, 0.25) is 0 Å². The quantitative estimate of drug-likeness (QED) is 0.767. The van der Waals surface area contributed by atoms with Crippen LogP contribution in [0.4, 0.5) is 0 Å². The van der Waals surface area contributed by atoms with Crippen LogP contribution >= 0.6 is 0 Å². The van der Waals surface area contributed by atoms with Crippen LogP contribution in [0, 0.1) is 0 Å². The molecule has 1 aromatic rings. The normalized spacial score (nSPS) is 15.9. The van der Waals surface area contributed by atoms with Crippen molar-refractivity contribution in [3.8, 4) is 0 Å². The Morgan fingerprint density at radius 2 is 1.87 bits per heavy atom. The first-order valence-corrected chi connectivity index (χ1v) is 6.52. The molecule has 2 atom stereocenters. The van der Waals surface area contributed by atoms with Gasteiger partial charge in [-0.05, 0) is 5.56 Å². The summed E-state index contributed by atoms with van der Waals surface area (Å²) in [4.78, 5) is 0. The number of benzene rings is 1. The Morgan fingerprint density at radius 1 is 1.33 bits per heavy atom. The molecule has 0 bridgehead atoms. The molecule has 0 saturated heterocycles. The molecular formula is C10H15NO3S. The van der Waals surface area contributed by atoms with E-state index in [1.807, 2.05) is 6.07 Å². The van der Waals surface area contributed by atoms with Crippen LogP contribution in [0.2, 0.25) is 0 Å². The first kappa shape index (κ1) is 12.2. The lowest BCUT2D eigenvalue weighted by Gasteiger charge is -2.20. The SMILES string of the molecule is CS(=O)(=O)C(CO)C(N)c1ccccc1. The van der Waals surface area contributed by atoms with Crippen LogP contribution in [-0.4, -0.2) is 31.6 Å². The standard InChI is InChI=1S/C10H15NO3S/c1-15(13,14)9(7-12)10(11)8-5-3-2-4-6-8/h2-6,9-10,12H,7,11H2,1H3.